The Balaban J connectivity index is 2.68. The van der Waals surface area contributed by atoms with Gasteiger partial charge in [0.15, 0.2) is 0 Å². The van der Waals surface area contributed by atoms with E-state index in [2.05, 4.69) is 37.7 Å². The summed E-state index contributed by atoms with van der Waals surface area (Å²) in [5.41, 5.74) is 1.26. The molecule has 3 heteroatoms. The van der Waals surface area contributed by atoms with Crippen molar-refractivity contribution < 1.29 is 5.11 Å². The van der Waals surface area contributed by atoms with Crippen LogP contribution in [0.4, 0.5) is 0 Å². The Hall–Kier alpha value is -1.06. The lowest BCUT2D eigenvalue weighted by atomic mass is 10.1. The fourth-order valence-electron chi connectivity index (χ4n) is 2.08. The molecule has 1 aromatic rings. The molecule has 0 aliphatic heterocycles. The maximum atomic E-state index is 9.34. The van der Waals surface area contributed by atoms with E-state index < -0.39 is 0 Å². The molecule has 102 valence electrons. The molecule has 1 atom stereocenters. The van der Waals surface area contributed by atoms with Gasteiger partial charge in [0.05, 0.1) is 0 Å². The third-order valence-electron chi connectivity index (χ3n) is 3.27. The Bertz CT molecular complexity index is 335. The van der Waals surface area contributed by atoms with Crippen LogP contribution in [0.2, 0.25) is 0 Å². The Labute approximate surface area is 111 Å². The topological polar surface area (TPSA) is 26.7 Å². The number of rotatable bonds is 7. The van der Waals surface area contributed by atoms with E-state index in [0.717, 1.165) is 26.1 Å². The minimum absolute atomic E-state index is 0.335. The van der Waals surface area contributed by atoms with Crippen molar-refractivity contribution in [1.82, 2.24) is 9.80 Å². The molecule has 1 rings (SSSR count). The molecule has 0 radical (unpaired) electrons. The first-order valence-electron chi connectivity index (χ1n) is 6.72. The van der Waals surface area contributed by atoms with Gasteiger partial charge in [0, 0.05) is 19.1 Å². The van der Waals surface area contributed by atoms with Crippen molar-refractivity contribution in [2.45, 2.75) is 26.3 Å². The fourth-order valence-corrected chi connectivity index (χ4v) is 2.08. The lowest BCUT2D eigenvalue weighted by Crippen LogP contribution is -2.34. The van der Waals surface area contributed by atoms with Gasteiger partial charge < -0.3 is 10.0 Å². The van der Waals surface area contributed by atoms with Gasteiger partial charge in [-0.25, -0.2) is 0 Å². The first kappa shape index (κ1) is 15.0. The summed E-state index contributed by atoms with van der Waals surface area (Å²) in [6.45, 7) is 7.70. The smallest absolute Gasteiger partial charge is 0.115 e. The van der Waals surface area contributed by atoms with E-state index in [1.165, 1.54) is 5.56 Å². The zero-order chi connectivity index (χ0) is 13.5. The van der Waals surface area contributed by atoms with Gasteiger partial charge in [0.1, 0.15) is 5.75 Å². The largest absolute Gasteiger partial charge is 0.508 e. The monoisotopic (exact) mass is 250 g/mol. The van der Waals surface area contributed by atoms with Gasteiger partial charge in [0.25, 0.3) is 0 Å². The van der Waals surface area contributed by atoms with Crippen molar-refractivity contribution in [2.75, 3.05) is 33.7 Å². The molecule has 0 bridgehead atoms. The average molecular weight is 250 g/mol. The highest BCUT2D eigenvalue weighted by atomic mass is 16.3. The number of phenolic OH excluding ortho intramolecular Hbond substituents is 1. The fraction of sp³-hybridized carbons (Fsp3) is 0.600. The summed E-state index contributed by atoms with van der Waals surface area (Å²) in [6, 6.07) is 7.95. The Morgan fingerprint density at radius 2 is 1.67 bits per heavy atom. The van der Waals surface area contributed by atoms with Crippen LogP contribution in [0.5, 0.6) is 5.75 Å². The van der Waals surface area contributed by atoms with Crippen LogP contribution in [-0.4, -0.2) is 48.6 Å². The molecule has 0 aromatic heterocycles. The minimum atomic E-state index is 0.335. The molecule has 3 nitrogen and oxygen atoms in total. The van der Waals surface area contributed by atoms with Gasteiger partial charge in [-0.2, -0.15) is 0 Å². The number of hydrogen-bond donors (Lipinski definition) is 1. The molecular formula is C15H26N2O. The van der Waals surface area contributed by atoms with E-state index >= 15 is 0 Å². The molecular weight excluding hydrogens is 224 g/mol. The van der Waals surface area contributed by atoms with Crippen molar-refractivity contribution in [1.29, 1.82) is 0 Å². The highest BCUT2D eigenvalue weighted by Gasteiger charge is 2.14. The SMILES string of the molecule is CCCN(CCN(C)C)C(C)c1ccc(O)cc1. The highest BCUT2D eigenvalue weighted by Crippen LogP contribution is 2.22. The number of likely N-dealkylation sites (N-methyl/N-ethyl adjacent to an activating group) is 1. The predicted molar refractivity (Wildman–Crippen MR) is 76.9 cm³/mol. The maximum absolute atomic E-state index is 9.34. The highest BCUT2D eigenvalue weighted by molar-refractivity contribution is 5.27. The van der Waals surface area contributed by atoms with Crippen LogP contribution >= 0.6 is 0 Å². The number of hydrogen-bond acceptors (Lipinski definition) is 3. The molecule has 0 aliphatic carbocycles. The van der Waals surface area contributed by atoms with Crippen LogP contribution in [0.3, 0.4) is 0 Å². The third kappa shape index (κ3) is 4.67. The summed E-state index contributed by atoms with van der Waals surface area (Å²) in [5.74, 6) is 0.335. The molecule has 0 fully saturated rings. The van der Waals surface area contributed by atoms with Gasteiger partial charge >= 0.3 is 0 Å². The van der Waals surface area contributed by atoms with Crippen LogP contribution in [0.25, 0.3) is 0 Å². The van der Waals surface area contributed by atoms with Gasteiger partial charge in [-0.3, -0.25) is 4.90 Å². The molecule has 0 amide bonds. The Morgan fingerprint density at radius 1 is 1.06 bits per heavy atom. The van der Waals surface area contributed by atoms with Gasteiger partial charge in [-0.05, 0) is 51.7 Å². The molecule has 0 heterocycles. The lowest BCUT2D eigenvalue weighted by molar-refractivity contribution is 0.190. The number of phenols is 1. The van der Waals surface area contributed by atoms with Crippen molar-refractivity contribution in [2.24, 2.45) is 0 Å². The van der Waals surface area contributed by atoms with Crippen molar-refractivity contribution in [3.63, 3.8) is 0 Å². The van der Waals surface area contributed by atoms with E-state index in [1.807, 2.05) is 12.1 Å². The standard InChI is InChI=1S/C15H26N2O/c1-5-10-17(12-11-16(3)4)13(2)14-6-8-15(18)9-7-14/h6-9,13,18H,5,10-12H2,1-4H3. The second-order valence-corrected chi connectivity index (χ2v) is 5.11. The van der Waals surface area contributed by atoms with Crippen LogP contribution in [0.1, 0.15) is 31.9 Å². The summed E-state index contributed by atoms with van der Waals surface area (Å²) >= 11 is 0. The normalized spacial score (nSPS) is 13.2. The molecule has 0 saturated heterocycles. The van der Waals surface area contributed by atoms with E-state index in [1.54, 1.807) is 12.1 Å². The van der Waals surface area contributed by atoms with Gasteiger partial charge in [-0.1, -0.05) is 19.1 Å². The molecule has 0 spiro atoms. The lowest BCUT2D eigenvalue weighted by Gasteiger charge is -2.30. The van der Waals surface area contributed by atoms with Crippen LogP contribution in [0.15, 0.2) is 24.3 Å². The second-order valence-electron chi connectivity index (χ2n) is 5.11. The minimum Gasteiger partial charge on any atom is -0.508 e. The van der Waals surface area contributed by atoms with Crippen molar-refractivity contribution >= 4 is 0 Å². The zero-order valence-electron chi connectivity index (χ0n) is 12.1. The molecule has 0 aliphatic rings. The molecule has 1 aromatic carbocycles. The average Bonchev–Trinajstić information content (AvgIpc) is 2.34. The predicted octanol–water partition coefficient (Wildman–Crippen LogP) is 2.73. The summed E-state index contributed by atoms with van der Waals surface area (Å²) in [6.07, 6.45) is 1.16. The van der Waals surface area contributed by atoms with E-state index in [0.29, 0.717) is 11.8 Å². The second kappa shape index (κ2) is 7.39. The summed E-state index contributed by atoms with van der Waals surface area (Å²) in [4.78, 5) is 4.71. The number of aromatic hydroxyl groups is 1. The summed E-state index contributed by atoms with van der Waals surface area (Å²) in [5, 5.41) is 9.34. The molecule has 0 saturated carbocycles. The van der Waals surface area contributed by atoms with Crippen LogP contribution in [-0.2, 0) is 0 Å². The van der Waals surface area contributed by atoms with Crippen molar-refractivity contribution in [3.05, 3.63) is 29.8 Å². The molecule has 1 unspecified atom stereocenters. The Morgan fingerprint density at radius 3 is 2.17 bits per heavy atom. The Kier molecular flexibility index (Phi) is 6.16. The van der Waals surface area contributed by atoms with E-state index in [9.17, 15) is 5.11 Å². The first-order valence-corrected chi connectivity index (χ1v) is 6.72. The van der Waals surface area contributed by atoms with Crippen LogP contribution < -0.4 is 0 Å². The first-order chi connectivity index (χ1) is 8.54. The van der Waals surface area contributed by atoms with E-state index in [4.69, 9.17) is 0 Å². The quantitative estimate of drug-likeness (QED) is 0.806. The number of nitrogens with zero attached hydrogens (tertiary/aromatic N) is 2. The molecule has 18 heavy (non-hydrogen) atoms. The van der Waals surface area contributed by atoms with Gasteiger partial charge in [-0.15, -0.1) is 0 Å². The number of benzene rings is 1. The molecule has 1 N–H and O–H groups in total. The summed E-state index contributed by atoms with van der Waals surface area (Å²) < 4.78 is 0. The van der Waals surface area contributed by atoms with Crippen molar-refractivity contribution in [3.8, 4) is 5.75 Å². The summed E-state index contributed by atoms with van der Waals surface area (Å²) in [7, 11) is 4.21. The third-order valence-corrected chi connectivity index (χ3v) is 3.27. The zero-order valence-corrected chi connectivity index (χ0v) is 12.1. The van der Waals surface area contributed by atoms with E-state index in [-0.39, 0.29) is 0 Å². The van der Waals surface area contributed by atoms with Crippen LogP contribution in [0, 0.1) is 0 Å². The maximum Gasteiger partial charge on any atom is 0.115 e. The van der Waals surface area contributed by atoms with Gasteiger partial charge in [0.2, 0.25) is 0 Å².